The highest BCUT2D eigenvalue weighted by Crippen LogP contribution is 2.32. The number of hydrogen-bond donors (Lipinski definition) is 1. The second kappa shape index (κ2) is 8.95. The van der Waals surface area contributed by atoms with Crippen LogP contribution >= 0.6 is 0 Å². The summed E-state index contributed by atoms with van der Waals surface area (Å²) in [6, 6.07) is 21.9. The highest BCUT2D eigenvalue weighted by molar-refractivity contribution is 8.05. The van der Waals surface area contributed by atoms with E-state index in [4.69, 9.17) is 4.84 Å². The largest absolute Gasteiger partial charge is 0.371 e. The number of hydrogen-bond acceptors (Lipinski definition) is 9. The van der Waals surface area contributed by atoms with Crippen molar-refractivity contribution in [3.8, 4) is 0 Å². The first-order valence-electron chi connectivity index (χ1n) is 11.5. The summed E-state index contributed by atoms with van der Waals surface area (Å²) in [5.74, 6) is 0.622. The molecular weight excluding hydrogens is 490 g/mol. The second-order valence-electron chi connectivity index (χ2n) is 8.86. The summed E-state index contributed by atoms with van der Waals surface area (Å²) in [5.41, 5.74) is 4.57. The van der Waals surface area contributed by atoms with Crippen LogP contribution in [0.25, 0.3) is 21.8 Å². The molecule has 1 aliphatic heterocycles. The van der Waals surface area contributed by atoms with Gasteiger partial charge >= 0.3 is 5.23 Å². The Balaban J connectivity index is 1.31. The highest BCUT2D eigenvalue weighted by atomic mass is 32.2. The number of hydroxylamine groups is 2. The number of benzene rings is 3. The predicted molar refractivity (Wildman–Crippen MR) is 142 cm³/mol. The Kier molecular flexibility index (Phi) is 5.58. The molecule has 0 bridgehead atoms. The third-order valence-electron chi connectivity index (χ3n) is 6.15. The van der Waals surface area contributed by atoms with Gasteiger partial charge in [-0.25, -0.2) is 23.4 Å². The molecule has 0 aliphatic carbocycles. The van der Waals surface area contributed by atoms with E-state index < -0.39 is 16.0 Å². The van der Waals surface area contributed by atoms with Gasteiger partial charge in [-0.05, 0) is 41.5 Å². The Morgan fingerprint density at radius 1 is 1.03 bits per heavy atom. The minimum Gasteiger partial charge on any atom is -0.371 e. The van der Waals surface area contributed by atoms with E-state index in [2.05, 4.69) is 37.5 Å². The number of nitrogens with one attached hydrogen (secondary N) is 1. The van der Waals surface area contributed by atoms with Gasteiger partial charge in [-0.1, -0.05) is 36.4 Å². The lowest BCUT2D eigenvalue weighted by molar-refractivity contribution is -0.0549. The van der Waals surface area contributed by atoms with E-state index in [1.165, 1.54) is 17.0 Å². The normalized spacial score (nSPS) is 16.2. The molecule has 0 amide bonds. The maximum absolute atomic E-state index is 11.9. The molecule has 3 heterocycles. The minimum absolute atomic E-state index is 0.302. The molecule has 6 rings (SSSR count). The van der Waals surface area contributed by atoms with Crippen LogP contribution in [-0.4, -0.2) is 51.8 Å². The molecule has 5 aromatic rings. The van der Waals surface area contributed by atoms with E-state index >= 15 is 0 Å². The summed E-state index contributed by atoms with van der Waals surface area (Å²) in [6.07, 6.45) is 3.83. The molecule has 1 unspecified atom stereocenters. The molecule has 0 fully saturated rings. The Morgan fingerprint density at radius 3 is 2.65 bits per heavy atom. The SMILES string of the molecule is CN1OC(S(C)(=O)=O)=NC1c1ccc2ncnc(Nc3ccc4c(cnn4Cc4ccccc4)c3)c2c1. The summed E-state index contributed by atoms with van der Waals surface area (Å²) in [7, 11) is -1.92. The van der Waals surface area contributed by atoms with E-state index in [9.17, 15) is 8.42 Å². The van der Waals surface area contributed by atoms with E-state index in [-0.39, 0.29) is 5.23 Å². The lowest BCUT2D eigenvalue weighted by atomic mass is 10.1. The Hall–Kier alpha value is -4.35. The Morgan fingerprint density at radius 2 is 1.86 bits per heavy atom. The number of aliphatic imine (C=N–C) groups is 1. The van der Waals surface area contributed by atoms with E-state index in [0.717, 1.165) is 39.3 Å². The standard InChI is InChI=1S/C26H23N7O3S/c1-32-25(31-26(36-32)37(2,34)35)18-8-10-22-21(13-18)24(28-16-27-22)30-20-9-11-23-19(12-20)14-29-33(23)15-17-6-4-3-5-7-17/h3-14,16,25H,15H2,1-2H3,(H,27,28,30). The van der Waals surface area contributed by atoms with Crippen LogP contribution in [0.4, 0.5) is 11.5 Å². The topological polar surface area (TPSA) is 115 Å². The van der Waals surface area contributed by atoms with Crippen molar-refractivity contribution in [3.05, 3.63) is 90.4 Å². The molecule has 186 valence electrons. The molecule has 0 saturated carbocycles. The quantitative estimate of drug-likeness (QED) is 0.374. The highest BCUT2D eigenvalue weighted by Gasteiger charge is 2.32. The summed E-state index contributed by atoms with van der Waals surface area (Å²) in [5, 5.41) is 10.9. The molecule has 0 spiro atoms. The predicted octanol–water partition coefficient (Wildman–Crippen LogP) is 4.05. The van der Waals surface area contributed by atoms with Gasteiger partial charge in [0.1, 0.15) is 12.1 Å². The van der Waals surface area contributed by atoms with Crippen molar-refractivity contribution in [2.75, 3.05) is 18.6 Å². The fourth-order valence-electron chi connectivity index (χ4n) is 4.34. The van der Waals surface area contributed by atoms with Crippen molar-refractivity contribution in [2.45, 2.75) is 12.7 Å². The van der Waals surface area contributed by atoms with Crippen LogP contribution in [0.5, 0.6) is 0 Å². The molecule has 11 heteroatoms. The molecule has 1 N–H and O–H groups in total. The number of nitrogens with zero attached hydrogens (tertiary/aromatic N) is 6. The summed E-state index contributed by atoms with van der Waals surface area (Å²) >= 11 is 0. The number of sulfone groups is 1. The molecular formula is C26H23N7O3S. The van der Waals surface area contributed by atoms with Gasteiger partial charge in [0.25, 0.3) is 0 Å². The van der Waals surface area contributed by atoms with Gasteiger partial charge in [0.2, 0.25) is 9.84 Å². The monoisotopic (exact) mass is 513 g/mol. The van der Waals surface area contributed by atoms with Crippen LogP contribution in [0.3, 0.4) is 0 Å². The van der Waals surface area contributed by atoms with Gasteiger partial charge in [0, 0.05) is 29.8 Å². The molecule has 1 atom stereocenters. The fourth-order valence-corrected chi connectivity index (χ4v) is 4.89. The third-order valence-corrected chi connectivity index (χ3v) is 6.96. The summed E-state index contributed by atoms with van der Waals surface area (Å²) < 4.78 is 25.8. The zero-order valence-corrected chi connectivity index (χ0v) is 20.9. The van der Waals surface area contributed by atoms with Gasteiger partial charge in [-0.3, -0.25) is 4.68 Å². The maximum Gasteiger partial charge on any atom is 0.327 e. The zero-order chi connectivity index (χ0) is 25.6. The second-order valence-corrected chi connectivity index (χ2v) is 10.8. The van der Waals surface area contributed by atoms with Gasteiger partial charge in [0.05, 0.1) is 23.8 Å². The van der Waals surface area contributed by atoms with Crippen molar-refractivity contribution >= 4 is 48.4 Å². The molecule has 0 radical (unpaired) electrons. The van der Waals surface area contributed by atoms with E-state index in [1.807, 2.05) is 65.5 Å². The van der Waals surface area contributed by atoms with Gasteiger partial charge in [0.15, 0.2) is 6.17 Å². The fraction of sp³-hybridized carbons (Fsp3) is 0.154. The van der Waals surface area contributed by atoms with Crippen molar-refractivity contribution in [1.82, 2.24) is 24.8 Å². The molecule has 10 nitrogen and oxygen atoms in total. The van der Waals surface area contributed by atoms with Gasteiger partial charge in [-0.2, -0.15) is 5.10 Å². The van der Waals surface area contributed by atoms with Crippen molar-refractivity contribution < 1.29 is 13.3 Å². The number of aromatic nitrogens is 4. The van der Waals surface area contributed by atoms with Gasteiger partial charge < -0.3 is 10.2 Å². The first-order valence-corrected chi connectivity index (χ1v) is 13.4. The van der Waals surface area contributed by atoms with Crippen molar-refractivity contribution in [1.29, 1.82) is 0 Å². The molecule has 1 aliphatic rings. The first-order chi connectivity index (χ1) is 17.8. The minimum atomic E-state index is -3.56. The number of fused-ring (bicyclic) bond motifs is 2. The Bertz CT molecular complexity index is 1770. The average molecular weight is 514 g/mol. The van der Waals surface area contributed by atoms with Crippen LogP contribution in [0.1, 0.15) is 17.3 Å². The van der Waals surface area contributed by atoms with Crippen LogP contribution in [-0.2, 0) is 21.2 Å². The average Bonchev–Trinajstić information content (AvgIpc) is 3.48. The third kappa shape index (κ3) is 4.50. The number of anilines is 2. The summed E-state index contributed by atoms with van der Waals surface area (Å²) in [4.78, 5) is 18.5. The van der Waals surface area contributed by atoms with Crippen LogP contribution < -0.4 is 5.32 Å². The molecule has 0 saturated heterocycles. The molecule has 37 heavy (non-hydrogen) atoms. The first kappa shape index (κ1) is 23.1. The van der Waals surface area contributed by atoms with Crippen molar-refractivity contribution in [2.24, 2.45) is 4.99 Å². The van der Waals surface area contributed by atoms with E-state index in [0.29, 0.717) is 12.4 Å². The molecule has 3 aromatic carbocycles. The lowest BCUT2D eigenvalue weighted by Crippen LogP contribution is -2.21. The van der Waals surface area contributed by atoms with Gasteiger partial charge in [-0.15, -0.1) is 5.06 Å². The van der Waals surface area contributed by atoms with Crippen LogP contribution in [0.15, 0.2) is 84.2 Å². The lowest BCUT2D eigenvalue weighted by Gasteiger charge is -2.17. The maximum atomic E-state index is 11.9. The van der Waals surface area contributed by atoms with Crippen LogP contribution in [0.2, 0.25) is 0 Å². The zero-order valence-electron chi connectivity index (χ0n) is 20.1. The summed E-state index contributed by atoms with van der Waals surface area (Å²) in [6.45, 7) is 0.694. The van der Waals surface area contributed by atoms with E-state index in [1.54, 1.807) is 7.05 Å². The number of rotatable bonds is 5. The molecule has 2 aromatic heterocycles. The Labute approximate surface area is 213 Å². The van der Waals surface area contributed by atoms with Crippen LogP contribution in [0, 0.1) is 0 Å². The van der Waals surface area contributed by atoms with Crippen molar-refractivity contribution in [3.63, 3.8) is 0 Å². The smallest absolute Gasteiger partial charge is 0.327 e.